The highest BCUT2D eigenvalue weighted by Crippen LogP contribution is 2.58. The lowest BCUT2D eigenvalue weighted by atomic mass is 10.0. The van der Waals surface area contributed by atoms with Crippen LogP contribution in [0.5, 0.6) is 34.5 Å². The maximum atomic E-state index is 5.66. The second-order valence-corrected chi connectivity index (χ2v) is 5.84. The number of fused-ring (bicyclic) bond motifs is 2. The van der Waals surface area contributed by atoms with Gasteiger partial charge < -0.3 is 18.9 Å². The van der Waals surface area contributed by atoms with Crippen molar-refractivity contribution in [3.63, 3.8) is 0 Å². The van der Waals surface area contributed by atoms with Crippen LogP contribution >= 0.6 is 0 Å². The van der Waals surface area contributed by atoms with Gasteiger partial charge in [-0.25, -0.2) is 0 Å². The van der Waals surface area contributed by atoms with Crippen molar-refractivity contribution in [2.24, 2.45) is 0 Å². The molecule has 120 valence electrons. The van der Waals surface area contributed by atoms with Crippen LogP contribution in [-0.4, -0.2) is 13.2 Å². The summed E-state index contributed by atoms with van der Waals surface area (Å²) in [4.78, 5) is 0. The van der Waals surface area contributed by atoms with Crippen molar-refractivity contribution in [3.8, 4) is 34.5 Å². The quantitative estimate of drug-likeness (QED) is 0.426. The van der Waals surface area contributed by atoms with E-state index < -0.39 is 0 Å². The van der Waals surface area contributed by atoms with E-state index in [9.17, 15) is 0 Å². The molecule has 4 nitrogen and oxygen atoms in total. The van der Waals surface area contributed by atoms with Crippen molar-refractivity contribution in [1.29, 1.82) is 0 Å². The highest BCUT2D eigenvalue weighted by molar-refractivity contribution is 5.71. The Morgan fingerprint density at radius 1 is 0.696 bits per heavy atom. The zero-order valence-electron chi connectivity index (χ0n) is 13.5. The molecular formula is C19H20O4. The number of hydrogen-bond donors (Lipinski definition) is 0. The first-order valence-corrected chi connectivity index (χ1v) is 8.24. The van der Waals surface area contributed by atoms with Crippen molar-refractivity contribution < 1.29 is 18.9 Å². The van der Waals surface area contributed by atoms with Gasteiger partial charge in [-0.2, -0.15) is 0 Å². The van der Waals surface area contributed by atoms with Gasteiger partial charge in [0.1, 0.15) is 0 Å². The van der Waals surface area contributed by atoms with Gasteiger partial charge in [-0.1, -0.05) is 26.0 Å². The summed E-state index contributed by atoms with van der Waals surface area (Å²) in [6.07, 6.45) is 2.78. The minimum absolute atomic E-state index is 0.718. The molecule has 2 aliphatic heterocycles. The van der Waals surface area contributed by atoms with E-state index in [0.717, 1.165) is 67.0 Å². The SMILES string of the molecule is CCCOc1ccc(Cc2ccc(OCCC)c3c2O3)c2c1O2. The van der Waals surface area contributed by atoms with E-state index in [-0.39, 0.29) is 0 Å². The molecule has 0 fully saturated rings. The summed E-state index contributed by atoms with van der Waals surface area (Å²) < 4.78 is 22.6. The highest BCUT2D eigenvalue weighted by Gasteiger charge is 2.33. The fraction of sp³-hybridized carbons (Fsp3) is 0.368. The molecule has 0 N–H and O–H groups in total. The molecule has 2 aromatic rings. The van der Waals surface area contributed by atoms with Gasteiger partial charge in [0.2, 0.25) is 11.5 Å². The zero-order valence-corrected chi connectivity index (χ0v) is 13.5. The molecule has 0 atom stereocenters. The van der Waals surface area contributed by atoms with Gasteiger partial charge in [-0.3, -0.25) is 0 Å². The third kappa shape index (κ3) is 2.69. The molecule has 2 aliphatic rings. The number of hydrogen-bond acceptors (Lipinski definition) is 4. The molecule has 0 bridgehead atoms. The van der Waals surface area contributed by atoms with Crippen LogP contribution in [0.25, 0.3) is 0 Å². The van der Waals surface area contributed by atoms with Crippen molar-refractivity contribution in [3.05, 3.63) is 35.4 Å². The van der Waals surface area contributed by atoms with Crippen LogP contribution in [0.2, 0.25) is 0 Å². The Kier molecular flexibility index (Phi) is 3.52. The molecule has 0 aromatic heterocycles. The monoisotopic (exact) mass is 312 g/mol. The van der Waals surface area contributed by atoms with Gasteiger partial charge in [0, 0.05) is 17.5 Å². The molecule has 4 heteroatoms. The van der Waals surface area contributed by atoms with E-state index in [4.69, 9.17) is 18.9 Å². The Balaban J connectivity index is 1.48. The van der Waals surface area contributed by atoms with E-state index in [2.05, 4.69) is 26.0 Å². The molecular weight excluding hydrogens is 292 g/mol. The van der Waals surface area contributed by atoms with Gasteiger partial charge in [-0.15, -0.1) is 0 Å². The predicted octanol–water partition coefficient (Wildman–Crippen LogP) is 5.07. The largest absolute Gasteiger partial charge is 0.490 e. The van der Waals surface area contributed by atoms with Crippen LogP contribution in [0.1, 0.15) is 37.8 Å². The molecule has 2 heterocycles. The minimum Gasteiger partial charge on any atom is -0.490 e. The second-order valence-electron chi connectivity index (χ2n) is 5.84. The first-order valence-electron chi connectivity index (χ1n) is 8.24. The van der Waals surface area contributed by atoms with Crippen LogP contribution < -0.4 is 18.9 Å². The van der Waals surface area contributed by atoms with E-state index >= 15 is 0 Å². The summed E-state index contributed by atoms with van der Waals surface area (Å²) in [6.45, 7) is 5.62. The van der Waals surface area contributed by atoms with Crippen LogP contribution in [0.3, 0.4) is 0 Å². The molecule has 0 radical (unpaired) electrons. The molecule has 0 aliphatic carbocycles. The normalized spacial score (nSPS) is 12.6. The second kappa shape index (κ2) is 5.69. The average Bonchev–Trinajstić information content (AvgIpc) is 3.45. The van der Waals surface area contributed by atoms with Crippen LogP contribution in [0.15, 0.2) is 24.3 Å². The number of rotatable bonds is 8. The summed E-state index contributed by atoms with van der Waals surface area (Å²) >= 11 is 0. The average molecular weight is 312 g/mol. The third-order valence-corrected chi connectivity index (χ3v) is 3.94. The molecule has 0 saturated carbocycles. The summed E-state index contributed by atoms with van der Waals surface area (Å²) in [6, 6.07) is 8.14. The Hall–Kier alpha value is -2.36. The van der Waals surface area contributed by atoms with Gasteiger partial charge in [0.25, 0.3) is 0 Å². The van der Waals surface area contributed by atoms with Crippen LogP contribution in [-0.2, 0) is 6.42 Å². The van der Waals surface area contributed by atoms with E-state index in [0.29, 0.717) is 0 Å². The standard InChI is InChI=1S/C19H20O4/c1-3-9-20-14-7-5-12(16-18(14)22-16)11-13-6-8-15(21-10-4-2)19-17(13)23-19/h5-8H,3-4,9-11H2,1-2H3. The van der Waals surface area contributed by atoms with E-state index in [1.165, 1.54) is 11.1 Å². The van der Waals surface area contributed by atoms with Crippen molar-refractivity contribution in [2.45, 2.75) is 33.1 Å². The molecule has 0 saturated heterocycles. The van der Waals surface area contributed by atoms with Crippen molar-refractivity contribution in [2.75, 3.05) is 13.2 Å². The molecule has 23 heavy (non-hydrogen) atoms. The molecule has 0 amide bonds. The number of benzene rings is 2. The van der Waals surface area contributed by atoms with Gasteiger partial charge in [-0.05, 0) is 25.0 Å². The first kappa shape index (κ1) is 14.2. The summed E-state index contributed by atoms with van der Waals surface area (Å²) in [7, 11) is 0. The Labute approximate surface area is 135 Å². The molecule has 2 aromatic carbocycles. The van der Waals surface area contributed by atoms with Crippen LogP contribution in [0.4, 0.5) is 0 Å². The first-order chi connectivity index (χ1) is 11.3. The van der Waals surface area contributed by atoms with Gasteiger partial charge in [0.05, 0.1) is 13.2 Å². The summed E-state index contributed by atoms with van der Waals surface area (Å²) in [5.41, 5.74) is 2.34. The third-order valence-electron chi connectivity index (χ3n) is 3.94. The Bertz CT molecular complexity index is 688. The molecule has 0 spiro atoms. The maximum Gasteiger partial charge on any atom is 0.212 e. The zero-order chi connectivity index (χ0) is 15.8. The van der Waals surface area contributed by atoms with E-state index in [1.807, 2.05) is 12.1 Å². The smallest absolute Gasteiger partial charge is 0.212 e. The maximum absolute atomic E-state index is 5.66. The topological polar surface area (TPSA) is 43.5 Å². The van der Waals surface area contributed by atoms with E-state index in [1.54, 1.807) is 0 Å². The fourth-order valence-electron chi connectivity index (χ4n) is 2.69. The summed E-state index contributed by atoms with van der Waals surface area (Å²) in [5, 5.41) is 0. The summed E-state index contributed by atoms with van der Waals surface area (Å²) in [5.74, 6) is 5.39. The lowest BCUT2D eigenvalue weighted by Crippen LogP contribution is -1.94. The lowest BCUT2D eigenvalue weighted by molar-refractivity contribution is 0.314. The predicted molar refractivity (Wildman–Crippen MR) is 87.4 cm³/mol. The Morgan fingerprint density at radius 3 is 1.61 bits per heavy atom. The van der Waals surface area contributed by atoms with Crippen molar-refractivity contribution in [1.82, 2.24) is 0 Å². The van der Waals surface area contributed by atoms with Gasteiger partial charge in [0.15, 0.2) is 23.0 Å². The minimum atomic E-state index is 0.718. The fourth-order valence-corrected chi connectivity index (χ4v) is 2.69. The highest BCUT2D eigenvalue weighted by atomic mass is 16.6. The lowest BCUT2D eigenvalue weighted by Gasteiger charge is -2.03. The number of ether oxygens (including phenoxy) is 4. The van der Waals surface area contributed by atoms with Gasteiger partial charge >= 0.3 is 0 Å². The van der Waals surface area contributed by atoms with Crippen LogP contribution in [0, 0.1) is 0 Å². The van der Waals surface area contributed by atoms with Crippen molar-refractivity contribution >= 4 is 0 Å². The Morgan fingerprint density at radius 2 is 1.17 bits per heavy atom. The molecule has 0 unspecified atom stereocenters. The molecule has 4 rings (SSSR count).